The van der Waals surface area contributed by atoms with Crippen molar-refractivity contribution in [2.75, 3.05) is 5.32 Å². The number of para-hydroxylation sites is 1. The molecule has 0 aliphatic carbocycles. The summed E-state index contributed by atoms with van der Waals surface area (Å²) >= 11 is 5.94. The van der Waals surface area contributed by atoms with Crippen molar-refractivity contribution in [3.63, 3.8) is 0 Å². The van der Waals surface area contributed by atoms with Gasteiger partial charge in [-0.3, -0.25) is 4.79 Å². The zero-order valence-corrected chi connectivity index (χ0v) is 12.4. The highest BCUT2D eigenvalue weighted by atomic mass is 35.5. The second kappa shape index (κ2) is 8.59. The number of carbonyl (C=O) groups is 2. The Labute approximate surface area is 124 Å². The first-order valence-corrected chi connectivity index (χ1v) is 7.25. The minimum atomic E-state index is -1.11. The van der Waals surface area contributed by atoms with Crippen molar-refractivity contribution in [3.05, 3.63) is 28.8 Å². The van der Waals surface area contributed by atoms with E-state index >= 15 is 0 Å². The average Bonchev–Trinajstić information content (AvgIpc) is 2.40. The quantitative estimate of drug-likeness (QED) is 0.702. The van der Waals surface area contributed by atoms with Gasteiger partial charge in [0.1, 0.15) is 0 Å². The van der Waals surface area contributed by atoms with Gasteiger partial charge in [-0.25, -0.2) is 4.79 Å². The van der Waals surface area contributed by atoms with E-state index in [9.17, 15) is 9.59 Å². The van der Waals surface area contributed by atoms with E-state index in [2.05, 4.69) is 12.2 Å². The summed E-state index contributed by atoms with van der Waals surface area (Å²) in [6, 6.07) is 4.53. The molecular formula is C15H20ClNO3. The summed E-state index contributed by atoms with van der Waals surface area (Å²) < 4.78 is 0. The van der Waals surface area contributed by atoms with Crippen molar-refractivity contribution >= 4 is 29.2 Å². The Morgan fingerprint density at radius 2 is 1.90 bits per heavy atom. The highest BCUT2D eigenvalue weighted by Gasteiger charge is 2.15. The summed E-state index contributed by atoms with van der Waals surface area (Å²) in [6.07, 6.45) is 5.65. The monoisotopic (exact) mass is 297 g/mol. The van der Waals surface area contributed by atoms with Gasteiger partial charge in [0, 0.05) is 6.42 Å². The van der Waals surface area contributed by atoms with Gasteiger partial charge >= 0.3 is 5.97 Å². The van der Waals surface area contributed by atoms with Crippen LogP contribution in [0.2, 0.25) is 5.02 Å². The highest BCUT2D eigenvalue weighted by Crippen LogP contribution is 2.26. The number of amides is 1. The number of carboxylic acid groups (broad SMARTS) is 1. The molecule has 0 bridgehead atoms. The third-order valence-corrected chi connectivity index (χ3v) is 3.33. The van der Waals surface area contributed by atoms with Crippen LogP contribution in [0.15, 0.2) is 18.2 Å². The Morgan fingerprint density at radius 1 is 1.20 bits per heavy atom. The first-order chi connectivity index (χ1) is 9.56. The number of benzene rings is 1. The normalized spacial score (nSPS) is 10.3. The molecule has 110 valence electrons. The molecule has 0 aromatic heterocycles. The molecular weight excluding hydrogens is 278 g/mol. The highest BCUT2D eigenvalue weighted by molar-refractivity contribution is 6.34. The first kappa shape index (κ1) is 16.5. The number of hydrogen-bond acceptors (Lipinski definition) is 2. The Morgan fingerprint density at radius 3 is 2.55 bits per heavy atom. The number of unbranched alkanes of at least 4 members (excludes halogenated alkanes) is 4. The molecule has 0 saturated carbocycles. The van der Waals surface area contributed by atoms with Crippen LogP contribution in [0.1, 0.15) is 55.8 Å². The molecule has 0 unspecified atom stereocenters. The number of carbonyl (C=O) groups excluding carboxylic acids is 1. The largest absolute Gasteiger partial charge is 0.478 e. The van der Waals surface area contributed by atoms with Crippen LogP contribution in [0.5, 0.6) is 0 Å². The number of halogens is 1. The van der Waals surface area contributed by atoms with E-state index in [0.717, 1.165) is 25.7 Å². The molecule has 1 amide bonds. The van der Waals surface area contributed by atoms with E-state index in [-0.39, 0.29) is 22.2 Å². The number of carboxylic acids is 1. The van der Waals surface area contributed by atoms with E-state index in [1.807, 2.05) is 0 Å². The van der Waals surface area contributed by atoms with Crippen LogP contribution in [0.25, 0.3) is 0 Å². The van der Waals surface area contributed by atoms with Crippen molar-refractivity contribution in [2.45, 2.75) is 45.4 Å². The second-order valence-corrected chi connectivity index (χ2v) is 5.09. The Bertz CT molecular complexity index is 474. The zero-order valence-electron chi connectivity index (χ0n) is 11.6. The van der Waals surface area contributed by atoms with Gasteiger partial charge in [0.25, 0.3) is 0 Å². The molecule has 2 N–H and O–H groups in total. The SMILES string of the molecule is CCCCCCCC(=O)Nc1c(Cl)cccc1C(=O)O. The van der Waals surface area contributed by atoms with Crippen molar-refractivity contribution in [2.24, 2.45) is 0 Å². The van der Waals surface area contributed by atoms with E-state index < -0.39 is 5.97 Å². The van der Waals surface area contributed by atoms with Gasteiger partial charge in [-0.05, 0) is 18.6 Å². The van der Waals surface area contributed by atoms with E-state index in [1.54, 1.807) is 12.1 Å². The van der Waals surface area contributed by atoms with Crippen LogP contribution in [-0.2, 0) is 4.79 Å². The minimum absolute atomic E-state index is 0.0110. The molecule has 4 nitrogen and oxygen atoms in total. The summed E-state index contributed by atoms with van der Waals surface area (Å²) in [6.45, 7) is 2.14. The minimum Gasteiger partial charge on any atom is -0.478 e. The predicted octanol–water partition coefficient (Wildman–Crippen LogP) is 4.34. The van der Waals surface area contributed by atoms with E-state index in [1.165, 1.54) is 12.5 Å². The van der Waals surface area contributed by atoms with E-state index in [4.69, 9.17) is 16.7 Å². The van der Waals surface area contributed by atoms with Crippen LogP contribution >= 0.6 is 11.6 Å². The lowest BCUT2D eigenvalue weighted by Gasteiger charge is -2.10. The third-order valence-electron chi connectivity index (χ3n) is 3.02. The topological polar surface area (TPSA) is 66.4 Å². The third kappa shape index (κ3) is 5.21. The summed E-state index contributed by atoms with van der Waals surface area (Å²) in [4.78, 5) is 22.9. The Balaban J connectivity index is 2.55. The van der Waals surface area contributed by atoms with Crippen molar-refractivity contribution in [1.29, 1.82) is 0 Å². The fourth-order valence-corrected chi connectivity index (χ4v) is 2.14. The number of aromatic carboxylic acids is 1. The van der Waals surface area contributed by atoms with E-state index in [0.29, 0.717) is 6.42 Å². The molecule has 0 fully saturated rings. The van der Waals surface area contributed by atoms with Gasteiger partial charge in [0.2, 0.25) is 5.91 Å². The number of nitrogens with one attached hydrogen (secondary N) is 1. The van der Waals surface area contributed by atoms with Gasteiger partial charge in [-0.1, -0.05) is 50.3 Å². The van der Waals surface area contributed by atoms with Crippen molar-refractivity contribution < 1.29 is 14.7 Å². The van der Waals surface area contributed by atoms with Crippen molar-refractivity contribution in [1.82, 2.24) is 0 Å². The standard InChI is InChI=1S/C15H20ClNO3/c1-2-3-4-5-6-10-13(18)17-14-11(15(19)20)8-7-9-12(14)16/h7-9H,2-6,10H2,1H3,(H,17,18)(H,19,20). The molecule has 0 aliphatic rings. The van der Waals surface area contributed by atoms with Crippen molar-refractivity contribution in [3.8, 4) is 0 Å². The fraction of sp³-hybridized carbons (Fsp3) is 0.467. The zero-order chi connectivity index (χ0) is 15.0. The molecule has 0 radical (unpaired) electrons. The molecule has 0 saturated heterocycles. The molecule has 0 heterocycles. The second-order valence-electron chi connectivity index (χ2n) is 4.68. The smallest absolute Gasteiger partial charge is 0.337 e. The van der Waals surface area contributed by atoms with Gasteiger partial charge < -0.3 is 10.4 Å². The Kier molecular flexibility index (Phi) is 7.09. The average molecular weight is 298 g/mol. The van der Waals surface area contributed by atoms with Gasteiger partial charge in [0.15, 0.2) is 0 Å². The van der Waals surface area contributed by atoms with Crippen LogP contribution in [0, 0.1) is 0 Å². The maximum Gasteiger partial charge on any atom is 0.337 e. The lowest BCUT2D eigenvalue weighted by molar-refractivity contribution is -0.116. The van der Waals surface area contributed by atoms with Gasteiger partial charge in [-0.15, -0.1) is 0 Å². The molecule has 5 heteroatoms. The van der Waals surface area contributed by atoms with Crippen LogP contribution in [0.3, 0.4) is 0 Å². The number of hydrogen-bond donors (Lipinski definition) is 2. The molecule has 1 aromatic carbocycles. The summed E-state index contributed by atoms with van der Waals surface area (Å²) in [7, 11) is 0. The molecule has 1 rings (SSSR count). The van der Waals surface area contributed by atoms with Crippen LogP contribution in [-0.4, -0.2) is 17.0 Å². The van der Waals surface area contributed by atoms with Gasteiger partial charge in [0.05, 0.1) is 16.3 Å². The molecule has 0 spiro atoms. The number of rotatable bonds is 8. The molecule has 0 atom stereocenters. The first-order valence-electron chi connectivity index (χ1n) is 6.88. The number of anilines is 1. The molecule has 0 aliphatic heterocycles. The molecule has 1 aromatic rings. The van der Waals surface area contributed by atoms with Gasteiger partial charge in [-0.2, -0.15) is 0 Å². The fourth-order valence-electron chi connectivity index (χ4n) is 1.92. The summed E-state index contributed by atoms with van der Waals surface area (Å²) in [5, 5.41) is 11.9. The summed E-state index contributed by atoms with van der Waals surface area (Å²) in [5.41, 5.74) is 0.192. The lowest BCUT2D eigenvalue weighted by Crippen LogP contribution is -2.14. The predicted molar refractivity (Wildman–Crippen MR) is 80.4 cm³/mol. The lowest BCUT2D eigenvalue weighted by atomic mass is 10.1. The van der Waals surface area contributed by atoms with Crippen LogP contribution in [0.4, 0.5) is 5.69 Å². The summed E-state index contributed by atoms with van der Waals surface area (Å²) in [5.74, 6) is -1.30. The van der Waals surface area contributed by atoms with Crippen LogP contribution < -0.4 is 5.32 Å². The Hall–Kier alpha value is -1.55. The molecule has 20 heavy (non-hydrogen) atoms. The maximum atomic E-state index is 11.8. The maximum absolute atomic E-state index is 11.8.